The van der Waals surface area contributed by atoms with Crippen LogP contribution in [0.15, 0.2) is 46.9 Å². The number of halogens is 3. The summed E-state index contributed by atoms with van der Waals surface area (Å²) in [5.74, 6) is -1.90. The minimum Gasteiger partial charge on any atom is -0.484 e. The van der Waals surface area contributed by atoms with E-state index in [9.17, 15) is 13.6 Å². The summed E-state index contributed by atoms with van der Waals surface area (Å²) in [6.45, 7) is -0.222. The van der Waals surface area contributed by atoms with E-state index in [0.717, 1.165) is 16.6 Å². The minimum atomic E-state index is -1.02. The van der Waals surface area contributed by atoms with Gasteiger partial charge in [0.15, 0.2) is 18.2 Å². The molecular formula is C14H10BrF2NO2. The van der Waals surface area contributed by atoms with Crippen LogP contribution in [0.4, 0.5) is 14.5 Å². The van der Waals surface area contributed by atoms with Crippen molar-refractivity contribution in [3.63, 3.8) is 0 Å². The monoisotopic (exact) mass is 341 g/mol. The quantitative estimate of drug-likeness (QED) is 0.919. The number of benzene rings is 2. The molecule has 0 saturated heterocycles. The molecule has 1 N–H and O–H groups in total. The molecule has 2 aromatic carbocycles. The Bertz CT molecular complexity index is 617. The minimum absolute atomic E-state index is 0.174. The molecule has 0 radical (unpaired) electrons. The van der Waals surface area contributed by atoms with E-state index in [1.807, 2.05) is 0 Å². The van der Waals surface area contributed by atoms with E-state index in [-0.39, 0.29) is 12.3 Å². The van der Waals surface area contributed by atoms with Gasteiger partial charge in [-0.1, -0.05) is 15.9 Å². The van der Waals surface area contributed by atoms with Crippen LogP contribution in [0.5, 0.6) is 5.75 Å². The Hall–Kier alpha value is -1.95. The van der Waals surface area contributed by atoms with Gasteiger partial charge in [-0.05, 0) is 36.4 Å². The van der Waals surface area contributed by atoms with Crippen molar-refractivity contribution < 1.29 is 18.3 Å². The van der Waals surface area contributed by atoms with Crippen molar-refractivity contribution in [2.24, 2.45) is 0 Å². The van der Waals surface area contributed by atoms with Crippen molar-refractivity contribution in [1.29, 1.82) is 0 Å². The van der Waals surface area contributed by atoms with Crippen LogP contribution < -0.4 is 10.1 Å². The first kappa shape index (κ1) is 14.5. The number of carbonyl (C=O) groups excluding carboxylic acids is 1. The number of anilines is 1. The third-order valence-corrected chi connectivity index (χ3v) is 2.92. The van der Waals surface area contributed by atoms with Crippen molar-refractivity contribution in [1.82, 2.24) is 0 Å². The standard InChI is InChI=1S/C14H10BrF2NO2/c15-9-1-4-11(5-2-9)20-8-14(19)18-10-3-6-12(16)13(17)7-10/h1-7H,8H2,(H,18,19). The van der Waals surface area contributed by atoms with E-state index < -0.39 is 17.5 Å². The molecule has 0 aliphatic rings. The van der Waals surface area contributed by atoms with Crippen molar-refractivity contribution in [2.75, 3.05) is 11.9 Å². The van der Waals surface area contributed by atoms with Crippen LogP contribution >= 0.6 is 15.9 Å². The fourth-order valence-electron chi connectivity index (χ4n) is 1.45. The summed E-state index contributed by atoms with van der Waals surface area (Å²) in [7, 11) is 0. The maximum Gasteiger partial charge on any atom is 0.262 e. The van der Waals surface area contributed by atoms with Crippen LogP contribution in [0.3, 0.4) is 0 Å². The third-order valence-electron chi connectivity index (χ3n) is 2.39. The second-order valence-electron chi connectivity index (χ2n) is 3.92. The number of hydrogen-bond acceptors (Lipinski definition) is 2. The van der Waals surface area contributed by atoms with Crippen LogP contribution in [0.25, 0.3) is 0 Å². The average Bonchev–Trinajstić information content (AvgIpc) is 2.42. The topological polar surface area (TPSA) is 38.3 Å². The van der Waals surface area contributed by atoms with Crippen LogP contribution in [-0.4, -0.2) is 12.5 Å². The lowest BCUT2D eigenvalue weighted by Crippen LogP contribution is -2.20. The maximum absolute atomic E-state index is 13.0. The number of amides is 1. The fourth-order valence-corrected chi connectivity index (χ4v) is 1.71. The summed E-state index contributed by atoms with van der Waals surface area (Å²) >= 11 is 3.28. The highest BCUT2D eigenvalue weighted by atomic mass is 79.9. The molecule has 0 saturated carbocycles. The summed E-state index contributed by atoms with van der Waals surface area (Å²) in [6.07, 6.45) is 0. The normalized spacial score (nSPS) is 10.2. The Morgan fingerprint density at radius 2 is 1.80 bits per heavy atom. The summed E-state index contributed by atoms with van der Waals surface area (Å²) in [5, 5.41) is 2.41. The Morgan fingerprint density at radius 3 is 2.45 bits per heavy atom. The van der Waals surface area contributed by atoms with E-state index in [0.29, 0.717) is 5.75 Å². The highest BCUT2D eigenvalue weighted by Crippen LogP contribution is 2.16. The van der Waals surface area contributed by atoms with Crippen LogP contribution in [0.2, 0.25) is 0 Å². The van der Waals surface area contributed by atoms with Gasteiger partial charge < -0.3 is 10.1 Å². The average molecular weight is 342 g/mol. The molecule has 20 heavy (non-hydrogen) atoms. The molecule has 1 amide bonds. The summed E-state index contributed by atoms with van der Waals surface area (Å²) in [4.78, 5) is 11.6. The molecule has 0 spiro atoms. The second kappa shape index (κ2) is 6.47. The molecule has 2 rings (SSSR count). The molecule has 104 valence electrons. The van der Waals surface area contributed by atoms with Gasteiger partial charge in [-0.25, -0.2) is 8.78 Å². The number of rotatable bonds is 4. The van der Waals surface area contributed by atoms with Crippen molar-refractivity contribution in [2.45, 2.75) is 0 Å². The van der Waals surface area contributed by atoms with Gasteiger partial charge in [0, 0.05) is 16.2 Å². The Morgan fingerprint density at radius 1 is 1.10 bits per heavy atom. The van der Waals surface area contributed by atoms with Gasteiger partial charge >= 0.3 is 0 Å². The number of nitrogens with one attached hydrogen (secondary N) is 1. The highest BCUT2D eigenvalue weighted by molar-refractivity contribution is 9.10. The van der Waals surface area contributed by atoms with Gasteiger partial charge in [0.05, 0.1) is 0 Å². The zero-order chi connectivity index (χ0) is 14.5. The van der Waals surface area contributed by atoms with Gasteiger partial charge in [-0.2, -0.15) is 0 Å². The lowest BCUT2D eigenvalue weighted by Gasteiger charge is -2.07. The van der Waals surface area contributed by atoms with Gasteiger partial charge in [0.2, 0.25) is 0 Å². The number of hydrogen-bond donors (Lipinski definition) is 1. The molecule has 0 bridgehead atoms. The van der Waals surface area contributed by atoms with Gasteiger partial charge in [0.25, 0.3) is 5.91 Å². The van der Waals surface area contributed by atoms with Gasteiger partial charge in [-0.3, -0.25) is 4.79 Å². The van der Waals surface area contributed by atoms with Crippen molar-refractivity contribution in [3.05, 3.63) is 58.6 Å². The van der Waals surface area contributed by atoms with E-state index in [2.05, 4.69) is 21.2 Å². The smallest absolute Gasteiger partial charge is 0.262 e. The maximum atomic E-state index is 13.0. The van der Waals surface area contributed by atoms with Crippen LogP contribution in [-0.2, 0) is 4.79 Å². The molecule has 2 aromatic rings. The Balaban J connectivity index is 1.89. The molecule has 0 heterocycles. The molecule has 3 nitrogen and oxygen atoms in total. The summed E-state index contributed by atoms with van der Waals surface area (Å²) in [6, 6.07) is 10.1. The van der Waals surface area contributed by atoms with E-state index >= 15 is 0 Å². The molecule has 6 heteroatoms. The zero-order valence-electron chi connectivity index (χ0n) is 10.2. The zero-order valence-corrected chi connectivity index (χ0v) is 11.8. The number of ether oxygens (including phenoxy) is 1. The largest absolute Gasteiger partial charge is 0.484 e. The predicted octanol–water partition coefficient (Wildman–Crippen LogP) is 3.74. The van der Waals surface area contributed by atoms with Gasteiger partial charge in [0.1, 0.15) is 5.75 Å². The van der Waals surface area contributed by atoms with E-state index in [4.69, 9.17) is 4.74 Å². The molecule has 0 aromatic heterocycles. The molecule has 0 unspecified atom stereocenters. The first-order chi connectivity index (χ1) is 9.54. The molecule has 0 aliphatic carbocycles. The number of carbonyl (C=O) groups is 1. The Kier molecular flexibility index (Phi) is 4.68. The first-order valence-corrected chi connectivity index (χ1v) is 6.47. The predicted molar refractivity (Wildman–Crippen MR) is 74.6 cm³/mol. The second-order valence-corrected chi connectivity index (χ2v) is 4.84. The third kappa shape index (κ3) is 4.03. The van der Waals surface area contributed by atoms with Crippen molar-refractivity contribution in [3.8, 4) is 5.75 Å². The molecule has 0 aliphatic heterocycles. The molecular weight excluding hydrogens is 332 g/mol. The van der Waals surface area contributed by atoms with E-state index in [1.54, 1.807) is 24.3 Å². The molecule has 0 atom stereocenters. The Labute approximate surface area is 122 Å². The highest BCUT2D eigenvalue weighted by Gasteiger charge is 2.07. The summed E-state index contributed by atoms with van der Waals surface area (Å²) < 4.78 is 31.8. The van der Waals surface area contributed by atoms with Gasteiger partial charge in [-0.15, -0.1) is 0 Å². The summed E-state index contributed by atoms with van der Waals surface area (Å²) in [5.41, 5.74) is 0.174. The lowest BCUT2D eigenvalue weighted by atomic mass is 10.3. The van der Waals surface area contributed by atoms with E-state index in [1.165, 1.54) is 6.07 Å². The lowest BCUT2D eigenvalue weighted by molar-refractivity contribution is -0.118. The van der Waals surface area contributed by atoms with Crippen LogP contribution in [0.1, 0.15) is 0 Å². The van der Waals surface area contributed by atoms with Crippen molar-refractivity contribution >= 4 is 27.5 Å². The van der Waals surface area contributed by atoms with Crippen LogP contribution in [0, 0.1) is 11.6 Å². The SMILES string of the molecule is O=C(COc1ccc(Br)cc1)Nc1ccc(F)c(F)c1. The molecule has 0 fully saturated rings. The first-order valence-electron chi connectivity index (χ1n) is 5.68. The fraction of sp³-hybridized carbons (Fsp3) is 0.0714.